The van der Waals surface area contributed by atoms with Crippen LogP contribution in [0, 0.1) is 0 Å². The predicted octanol–water partition coefficient (Wildman–Crippen LogP) is 6.45. The van der Waals surface area contributed by atoms with Crippen LogP contribution in [0.4, 0.5) is 0 Å². The number of aromatic nitrogens is 1. The Balaban J connectivity index is 1.71. The van der Waals surface area contributed by atoms with Crippen LogP contribution >= 0.6 is 0 Å². The van der Waals surface area contributed by atoms with Crippen LogP contribution in [-0.2, 0) is 0 Å². The molecule has 1 aromatic heterocycles. The first-order valence-corrected chi connectivity index (χ1v) is 8.15. The van der Waals surface area contributed by atoms with Crippen LogP contribution in [0.3, 0.4) is 0 Å². The highest BCUT2D eigenvalue weighted by Gasteiger charge is 2.11. The summed E-state index contributed by atoms with van der Waals surface area (Å²) >= 11 is 0. The molecule has 0 aliphatic rings. The van der Waals surface area contributed by atoms with Crippen LogP contribution in [0.5, 0.6) is 0 Å². The molecule has 0 unspecified atom stereocenters. The maximum Gasteiger partial charge on any atom is 0.0629 e. The number of benzene rings is 4. The number of hydrogen-bond acceptors (Lipinski definition) is 0. The average molecular weight is 324 g/mol. The number of hydrogen-bond donors (Lipinski definition) is 0. The quantitative estimate of drug-likeness (QED) is 0.351. The molecule has 0 radical (unpaired) electrons. The molecule has 0 spiro atoms. The van der Waals surface area contributed by atoms with Gasteiger partial charge in [-0.25, -0.2) is 0 Å². The summed E-state index contributed by atoms with van der Waals surface area (Å²) in [6, 6.07) is 22.5. The first-order valence-electron chi connectivity index (χ1n) is 10.6. The van der Waals surface area contributed by atoms with Gasteiger partial charge in [0, 0.05) is 16.5 Å². The Labute approximate surface area is 153 Å². The van der Waals surface area contributed by atoms with E-state index in [0.29, 0.717) is 5.56 Å². The number of para-hydroxylation sites is 2. The Hall–Kier alpha value is -3.32. The van der Waals surface area contributed by atoms with Gasteiger partial charge in [-0.3, -0.25) is 0 Å². The van der Waals surface area contributed by atoms with Gasteiger partial charge in [0.25, 0.3) is 0 Å². The number of rotatable bonds is 2. The van der Waals surface area contributed by atoms with Crippen molar-refractivity contribution in [2.45, 2.75) is 0 Å². The van der Waals surface area contributed by atoms with Gasteiger partial charge >= 0.3 is 0 Å². The normalized spacial score (nSPS) is 14.0. The summed E-state index contributed by atoms with van der Waals surface area (Å²) in [5, 5.41) is 2.34. The molecule has 0 bridgehead atoms. The molecular formula is C24H17N. The topological polar surface area (TPSA) is 4.93 Å². The van der Waals surface area contributed by atoms with Crippen LogP contribution in [0.1, 0.15) is 6.85 Å². The zero-order chi connectivity index (χ0) is 21.0. The van der Waals surface area contributed by atoms with E-state index in [1.54, 1.807) is 0 Å². The highest BCUT2D eigenvalue weighted by Crippen LogP contribution is 2.32. The van der Waals surface area contributed by atoms with Gasteiger partial charge in [0.15, 0.2) is 0 Å². The molecule has 1 heterocycles. The van der Waals surface area contributed by atoms with Gasteiger partial charge in [-0.1, -0.05) is 78.7 Å². The number of fused-ring (bicyclic) bond motifs is 3. The van der Waals surface area contributed by atoms with Crippen molar-refractivity contribution in [2.75, 3.05) is 0 Å². The van der Waals surface area contributed by atoms with E-state index in [4.69, 9.17) is 6.85 Å². The van der Waals surface area contributed by atoms with E-state index >= 15 is 0 Å². The SMILES string of the molecule is [2H]c1c([2H])c([2H])c(-c2ccc(-n3c4ccccc4c4ccccc43)cc2)c([2H])c1[2H]. The molecule has 0 N–H and O–H groups in total. The van der Waals surface area contributed by atoms with Gasteiger partial charge in [-0.05, 0) is 35.4 Å². The van der Waals surface area contributed by atoms with Crippen LogP contribution < -0.4 is 0 Å². The van der Waals surface area contributed by atoms with Crippen molar-refractivity contribution >= 4 is 21.8 Å². The zero-order valence-corrected chi connectivity index (χ0v) is 13.4. The molecule has 1 nitrogen and oxygen atoms in total. The van der Waals surface area contributed by atoms with Crippen molar-refractivity contribution < 1.29 is 6.85 Å². The molecular weight excluding hydrogens is 302 g/mol. The van der Waals surface area contributed by atoms with E-state index in [1.165, 1.54) is 10.8 Å². The summed E-state index contributed by atoms with van der Waals surface area (Å²) in [7, 11) is 0. The van der Waals surface area contributed by atoms with Crippen molar-refractivity contribution in [3.05, 3.63) is 103 Å². The molecule has 118 valence electrons. The van der Waals surface area contributed by atoms with E-state index in [1.807, 2.05) is 48.5 Å². The van der Waals surface area contributed by atoms with E-state index in [2.05, 4.69) is 28.8 Å². The maximum absolute atomic E-state index is 8.20. The van der Waals surface area contributed by atoms with Crippen LogP contribution in [0.25, 0.3) is 38.6 Å². The van der Waals surface area contributed by atoms with Crippen molar-refractivity contribution in [1.82, 2.24) is 4.57 Å². The Morgan fingerprint density at radius 1 is 0.560 bits per heavy atom. The molecule has 0 atom stereocenters. The van der Waals surface area contributed by atoms with E-state index < -0.39 is 0 Å². The van der Waals surface area contributed by atoms with E-state index in [9.17, 15) is 0 Å². The molecule has 0 aliphatic heterocycles. The lowest BCUT2D eigenvalue weighted by Gasteiger charge is -2.09. The maximum atomic E-state index is 8.20. The third-order valence-corrected chi connectivity index (χ3v) is 4.49. The monoisotopic (exact) mass is 324 g/mol. The summed E-state index contributed by atoms with van der Waals surface area (Å²) < 4.78 is 42.2. The summed E-state index contributed by atoms with van der Waals surface area (Å²) in [4.78, 5) is 0. The second-order valence-electron chi connectivity index (χ2n) is 5.92. The van der Waals surface area contributed by atoms with Crippen molar-refractivity contribution in [3.63, 3.8) is 0 Å². The highest BCUT2D eigenvalue weighted by atomic mass is 15.0. The lowest BCUT2D eigenvalue weighted by atomic mass is 10.1. The van der Waals surface area contributed by atoms with Crippen molar-refractivity contribution in [1.29, 1.82) is 0 Å². The van der Waals surface area contributed by atoms with Crippen LogP contribution in [-0.4, -0.2) is 4.57 Å². The molecule has 5 aromatic rings. The fourth-order valence-corrected chi connectivity index (χ4v) is 3.37. The Kier molecular flexibility index (Phi) is 2.22. The predicted molar refractivity (Wildman–Crippen MR) is 106 cm³/mol. The molecule has 4 aromatic carbocycles. The smallest absolute Gasteiger partial charge is 0.0629 e. The van der Waals surface area contributed by atoms with Gasteiger partial charge < -0.3 is 4.57 Å². The minimum absolute atomic E-state index is 0.189. The van der Waals surface area contributed by atoms with Gasteiger partial charge in [-0.15, -0.1) is 0 Å². The standard InChI is InChI=1S/C24H17N/c1-2-8-18(9-3-1)19-14-16-20(17-15-19)25-23-12-6-4-10-21(23)22-11-5-7-13-24(22)25/h1-17H/i1D,2D,3D,8D,9D. The van der Waals surface area contributed by atoms with Crippen molar-refractivity contribution in [2.24, 2.45) is 0 Å². The van der Waals surface area contributed by atoms with E-state index in [-0.39, 0.29) is 35.8 Å². The summed E-state index contributed by atoms with van der Waals surface area (Å²) in [6.07, 6.45) is 0. The Morgan fingerprint density at radius 3 is 1.72 bits per heavy atom. The molecule has 1 heteroatoms. The molecule has 0 amide bonds. The lowest BCUT2D eigenvalue weighted by molar-refractivity contribution is 1.18. The first kappa shape index (κ1) is 9.85. The fraction of sp³-hybridized carbons (Fsp3) is 0. The molecule has 0 fully saturated rings. The second-order valence-corrected chi connectivity index (χ2v) is 5.92. The molecule has 5 rings (SSSR count). The minimum Gasteiger partial charge on any atom is -0.309 e. The van der Waals surface area contributed by atoms with Gasteiger partial charge in [0.2, 0.25) is 0 Å². The Bertz CT molecular complexity index is 1350. The summed E-state index contributed by atoms with van der Waals surface area (Å²) in [5.41, 5.74) is 3.94. The molecule has 0 saturated carbocycles. The summed E-state index contributed by atoms with van der Waals surface area (Å²) in [6.45, 7) is 0. The van der Waals surface area contributed by atoms with Gasteiger partial charge in [-0.2, -0.15) is 0 Å². The summed E-state index contributed by atoms with van der Waals surface area (Å²) in [5.74, 6) is 0. The third kappa shape index (κ3) is 2.25. The molecule has 0 aliphatic carbocycles. The van der Waals surface area contributed by atoms with Crippen LogP contribution in [0.15, 0.2) is 103 Å². The highest BCUT2D eigenvalue weighted by molar-refractivity contribution is 6.09. The van der Waals surface area contributed by atoms with E-state index in [0.717, 1.165) is 16.7 Å². The average Bonchev–Trinajstić information content (AvgIpc) is 3.11. The molecule has 25 heavy (non-hydrogen) atoms. The first-order chi connectivity index (χ1) is 14.5. The zero-order valence-electron chi connectivity index (χ0n) is 18.4. The Morgan fingerprint density at radius 2 is 1.12 bits per heavy atom. The lowest BCUT2D eigenvalue weighted by Crippen LogP contribution is -1.93. The third-order valence-electron chi connectivity index (χ3n) is 4.49. The van der Waals surface area contributed by atoms with Gasteiger partial charge in [0.05, 0.1) is 17.9 Å². The van der Waals surface area contributed by atoms with Crippen molar-refractivity contribution in [3.8, 4) is 16.8 Å². The second kappa shape index (κ2) is 5.64. The number of nitrogens with zero attached hydrogens (tertiary/aromatic N) is 1. The van der Waals surface area contributed by atoms with Crippen LogP contribution in [0.2, 0.25) is 0 Å². The fourth-order valence-electron chi connectivity index (χ4n) is 3.37. The minimum atomic E-state index is -0.379. The largest absolute Gasteiger partial charge is 0.309 e. The molecule has 0 saturated heterocycles. The van der Waals surface area contributed by atoms with Gasteiger partial charge in [0.1, 0.15) is 0 Å².